The van der Waals surface area contributed by atoms with E-state index in [2.05, 4.69) is 45.7 Å². The van der Waals surface area contributed by atoms with E-state index in [0.717, 1.165) is 16.8 Å². The van der Waals surface area contributed by atoms with Gasteiger partial charge in [-0.1, -0.05) is 19.3 Å². The van der Waals surface area contributed by atoms with Crippen LogP contribution in [0.15, 0.2) is 16.7 Å². The molecule has 1 aromatic heterocycles. The highest BCUT2D eigenvalue weighted by Crippen LogP contribution is 2.32. The monoisotopic (exact) mass is 296 g/mol. The van der Waals surface area contributed by atoms with Crippen molar-refractivity contribution in [2.24, 2.45) is 0 Å². The van der Waals surface area contributed by atoms with Crippen LogP contribution in [-0.2, 0) is 0 Å². The zero-order valence-electron chi connectivity index (χ0n) is 10.7. The van der Waals surface area contributed by atoms with Crippen molar-refractivity contribution in [2.75, 3.05) is 11.4 Å². The molecule has 2 nitrogen and oxygen atoms in total. The number of hydrogen-bond donors (Lipinski definition) is 0. The van der Waals surface area contributed by atoms with Gasteiger partial charge in [0, 0.05) is 18.8 Å². The molecule has 0 atom stereocenters. The van der Waals surface area contributed by atoms with Crippen LogP contribution < -0.4 is 4.90 Å². The minimum atomic E-state index is 0.680. The molecular weight excluding hydrogens is 276 g/mol. The summed E-state index contributed by atoms with van der Waals surface area (Å²) in [5.74, 6) is 1.12. The van der Waals surface area contributed by atoms with Gasteiger partial charge in [-0.2, -0.15) is 0 Å². The summed E-state index contributed by atoms with van der Waals surface area (Å²) in [7, 11) is 0. The molecule has 1 saturated carbocycles. The molecule has 2 rings (SSSR count). The van der Waals surface area contributed by atoms with Crippen molar-refractivity contribution in [3.8, 4) is 0 Å². The number of pyridine rings is 1. The number of nitrogens with zero attached hydrogens (tertiary/aromatic N) is 2. The van der Waals surface area contributed by atoms with E-state index in [-0.39, 0.29) is 0 Å². The third-order valence-corrected chi connectivity index (χ3v) is 4.67. The van der Waals surface area contributed by atoms with Crippen molar-refractivity contribution < 1.29 is 0 Å². The average Bonchev–Trinajstić information content (AvgIpc) is 2.37. The summed E-state index contributed by atoms with van der Waals surface area (Å²) >= 11 is 3.68. The van der Waals surface area contributed by atoms with E-state index in [1.165, 1.54) is 37.7 Å². The highest BCUT2D eigenvalue weighted by molar-refractivity contribution is 9.10. The van der Waals surface area contributed by atoms with Gasteiger partial charge in [0.2, 0.25) is 0 Å². The van der Waals surface area contributed by atoms with Crippen LogP contribution in [0.4, 0.5) is 5.82 Å². The maximum Gasteiger partial charge on any atom is 0.143 e. The van der Waals surface area contributed by atoms with Crippen molar-refractivity contribution in [3.63, 3.8) is 0 Å². The van der Waals surface area contributed by atoms with Gasteiger partial charge >= 0.3 is 0 Å². The normalized spacial score (nSPS) is 17.1. The van der Waals surface area contributed by atoms with Crippen LogP contribution in [0.1, 0.15) is 44.6 Å². The fraction of sp³-hybridized carbons (Fsp3) is 0.643. The summed E-state index contributed by atoms with van der Waals surface area (Å²) in [4.78, 5) is 7.03. The molecule has 0 bridgehead atoms. The van der Waals surface area contributed by atoms with Gasteiger partial charge < -0.3 is 4.90 Å². The zero-order chi connectivity index (χ0) is 12.3. The van der Waals surface area contributed by atoms with Gasteiger partial charge in [-0.15, -0.1) is 0 Å². The van der Waals surface area contributed by atoms with Crippen molar-refractivity contribution in [2.45, 2.75) is 52.0 Å². The molecule has 0 saturated heterocycles. The highest BCUT2D eigenvalue weighted by atomic mass is 79.9. The van der Waals surface area contributed by atoms with E-state index in [1.807, 2.05) is 6.20 Å². The Labute approximate surface area is 113 Å². The summed E-state index contributed by atoms with van der Waals surface area (Å²) in [6.07, 6.45) is 8.68. The van der Waals surface area contributed by atoms with Crippen LogP contribution in [0.3, 0.4) is 0 Å². The smallest absolute Gasteiger partial charge is 0.143 e. The lowest BCUT2D eigenvalue weighted by Gasteiger charge is -2.35. The van der Waals surface area contributed by atoms with Gasteiger partial charge in [0.25, 0.3) is 0 Å². The Balaban J connectivity index is 2.24. The second-order valence-electron chi connectivity index (χ2n) is 4.84. The molecule has 0 unspecified atom stereocenters. The average molecular weight is 297 g/mol. The van der Waals surface area contributed by atoms with Crippen LogP contribution in [0.5, 0.6) is 0 Å². The standard InChI is InChI=1S/C14H21BrN2/c1-3-17(12-7-5-4-6-8-12)14-13(15)11(2)9-10-16-14/h9-10,12H,3-8H2,1-2H3. The van der Waals surface area contributed by atoms with Gasteiger partial charge in [0.05, 0.1) is 4.47 Å². The van der Waals surface area contributed by atoms with E-state index >= 15 is 0 Å². The number of anilines is 1. The topological polar surface area (TPSA) is 16.1 Å². The molecule has 0 spiro atoms. The summed E-state index contributed by atoms with van der Waals surface area (Å²) in [6, 6.07) is 2.74. The lowest BCUT2D eigenvalue weighted by Crippen LogP contribution is -2.37. The fourth-order valence-electron chi connectivity index (χ4n) is 2.70. The van der Waals surface area contributed by atoms with Crippen LogP contribution in [-0.4, -0.2) is 17.6 Å². The molecule has 17 heavy (non-hydrogen) atoms. The second kappa shape index (κ2) is 5.85. The molecule has 0 radical (unpaired) electrons. The largest absolute Gasteiger partial charge is 0.353 e. The van der Waals surface area contributed by atoms with Gasteiger partial charge in [-0.3, -0.25) is 0 Å². The lowest BCUT2D eigenvalue weighted by molar-refractivity contribution is 0.416. The number of aromatic nitrogens is 1. The van der Waals surface area contributed by atoms with E-state index in [4.69, 9.17) is 0 Å². The number of hydrogen-bond acceptors (Lipinski definition) is 2. The summed E-state index contributed by atoms with van der Waals surface area (Å²) < 4.78 is 1.16. The van der Waals surface area contributed by atoms with E-state index < -0.39 is 0 Å². The molecule has 0 aliphatic heterocycles. The van der Waals surface area contributed by atoms with Gasteiger partial charge in [0.1, 0.15) is 5.82 Å². The first-order valence-corrected chi connectivity index (χ1v) is 7.41. The lowest BCUT2D eigenvalue weighted by atomic mass is 9.94. The molecule has 0 aromatic carbocycles. The molecule has 0 amide bonds. The van der Waals surface area contributed by atoms with E-state index in [9.17, 15) is 0 Å². The second-order valence-corrected chi connectivity index (χ2v) is 5.64. The summed E-state index contributed by atoms with van der Waals surface area (Å²) in [5.41, 5.74) is 1.27. The van der Waals surface area contributed by atoms with Gasteiger partial charge in [-0.25, -0.2) is 4.98 Å². The maximum absolute atomic E-state index is 4.56. The van der Waals surface area contributed by atoms with Crippen molar-refractivity contribution in [1.82, 2.24) is 4.98 Å². The van der Waals surface area contributed by atoms with Crippen molar-refractivity contribution >= 4 is 21.7 Å². The Hall–Kier alpha value is -0.570. The molecule has 0 N–H and O–H groups in total. The predicted molar refractivity (Wildman–Crippen MR) is 76.6 cm³/mol. The molecule has 1 heterocycles. The Morgan fingerprint density at radius 2 is 2.06 bits per heavy atom. The minimum absolute atomic E-state index is 0.680. The Kier molecular flexibility index (Phi) is 4.43. The number of aryl methyl sites for hydroxylation is 1. The van der Waals surface area contributed by atoms with Crippen LogP contribution in [0, 0.1) is 6.92 Å². The van der Waals surface area contributed by atoms with E-state index in [0.29, 0.717) is 6.04 Å². The fourth-order valence-corrected chi connectivity index (χ4v) is 3.16. The zero-order valence-corrected chi connectivity index (χ0v) is 12.3. The SMILES string of the molecule is CCN(c1nccc(C)c1Br)C1CCCCC1. The highest BCUT2D eigenvalue weighted by Gasteiger charge is 2.22. The summed E-state index contributed by atoms with van der Waals surface area (Å²) in [5, 5.41) is 0. The quantitative estimate of drug-likeness (QED) is 0.826. The molecule has 1 aliphatic rings. The van der Waals surface area contributed by atoms with Gasteiger partial charge in [-0.05, 0) is 54.2 Å². The third-order valence-electron chi connectivity index (χ3n) is 3.69. The maximum atomic E-state index is 4.56. The summed E-state index contributed by atoms with van der Waals surface area (Å²) in [6.45, 7) is 5.40. The van der Waals surface area contributed by atoms with Crippen LogP contribution in [0.2, 0.25) is 0 Å². The Morgan fingerprint density at radius 1 is 1.35 bits per heavy atom. The van der Waals surface area contributed by atoms with Crippen molar-refractivity contribution in [3.05, 3.63) is 22.3 Å². The first-order chi connectivity index (χ1) is 8.24. The molecule has 1 aromatic rings. The van der Waals surface area contributed by atoms with Crippen LogP contribution in [0.25, 0.3) is 0 Å². The Bertz CT molecular complexity index is 372. The molecule has 1 fully saturated rings. The molecular formula is C14H21BrN2. The minimum Gasteiger partial charge on any atom is -0.353 e. The van der Waals surface area contributed by atoms with Crippen molar-refractivity contribution in [1.29, 1.82) is 0 Å². The van der Waals surface area contributed by atoms with Gasteiger partial charge in [0.15, 0.2) is 0 Å². The molecule has 94 valence electrons. The van der Waals surface area contributed by atoms with Crippen LogP contribution >= 0.6 is 15.9 Å². The molecule has 1 aliphatic carbocycles. The predicted octanol–water partition coefficient (Wildman–Crippen LogP) is 4.31. The first kappa shape index (κ1) is 12.9. The Morgan fingerprint density at radius 3 is 2.71 bits per heavy atom. The van der Waals surface area contributed by atoms with E-state index in [1.54, 1.807) is 0 Å². The number of halogens is 1. The molecule has 3 heteroatoms. The number of rotatable bonds is 3. The first-order valence-electron chi connectivity index (χ1n) is 6.61. The third kappa shape index (κ3) is 2.82.